The summed E-state index contributed by atoms with van der Waals surface area (Å²) in [6, 6.07) is 0.305. The van der Waals surface area contributed by atoms with Crippen molar-refractivity contribution >= 4 is 17.3 Å². The lowest BCUT2D eigenvalue weighted by Crippen LogP contribution is -2.30. The van der Waals surface area contributed by atoms with E-state index < -0.39 is 0 Å². The van der Waals surface area contributed by atoms with Crippen LogP contribution in [0.4, 0.5) is 11.6 Å². The highest BCUT2D eigenvalue weighted by Crippen LogP contribution is 2.17. The normalized spacial score (nSPS) is 12.8. The van der Waals surface area contributed by atoms with Crippen molar-refractivity contribution < 1.29 is 0 Å². The van der Waals surface area contributed by atoms with E-state index in [0.29, 0.717) is 6.04 Å². The second-order valence-corrected chi connectivity index (χ2v) is 5.37. The van der Waals surface area contributed by atoms with Crippen LogP contribution in [0.3, 0.4) is 0 Å². The van der Waals surface area contributed by atoms with Crippen molar-refractivity contribution in [1.82, 2.24) is 19.3 Å². The molecule has 110 valence electrons. The monoisotopic (exact) mass is 276 g/mol. The van der Waals surface area contributed by atoms with Gasteiger partial charge in [-0.1, -0.05) is 6.92 Å². The van der Waals surface area contributed by atoms with Crippen molar-refractivity contribution in [3.8, 4) is 0 Å². The molecule has 20 heavy (non-hydrogen) atoms. The van der Waals surface area contributed by atoms with Crippen LogP contribution < -0.4 is 10.6 Å². The molecule has 0 saturated carbocycles. The summed E-state index contributed by atoms with van der Waals surface area (Å²) in [6.07, 6.45) is 6.78. The number of imidazole rings is 1. The van der Waals surface area contributed by atoms with Crippen LogP contribution in [0.2, 0.25) is 0 Å². The van der Waals surface area contributed by atoms with E-state index in [-0.39, 0.29) is 0 Å². The molecule has 0 aliphatic carbocycles. The first kappa shape index (κ1) is 14.6. The zero-order valence-electron chi connectivity index (χ0n) is 12.7. The summed E-state index contributed by atoms with van der Waals surface area (Å²) in [4.78, 5) is 11.2. The van der Waals surface area contributed by atoms with Crippen LogP contribution in [-0.2, 0) is 0 Å². The van der Waals surface area contributed by atoms with Gasteiger partial charge in [0.05, 0.1) is 6.20 Å². The molecular formula is C14H24N6. The van der Waals surface area contributed by atoms with Crippen LogP contribution in [0.1, 0.15) is 20.3 Å². The molecule has 1 atom stereocenters. The van der Waals surface area contributed by atoms with Gasteiger partial charge in [0.1, 0.15) is 5.82 Å². The van der Waals surface area contributed by atoms with Gasteiger partial charge < -0.3 is 19.9 Å². The van der Waals surface area contributed by atoms with Crippen molar-refractivity contribution in [2.75, 3.05) is 37.8 Å². The predicted molar refractivity (Wildman–Crippen MR) is 83.4 cm³/mol. The van der Waals surface area contributed by atoms with Crippen LogP contribution in [0.5, 0.6) is 0 Å². The lowest BCUT2D eigenvalue weighted by atomic mass is 10.3. The highest BCUT2D eigenvalue weighted by molar-refractivity contribution is 5.65. The van der Waals surface area contributed by atoms with Crippen molar-refractivity contribution in [3.63, 3.8) is 0 Å². The molecule has 2 aromatic heterocycles. The second-order valence-electron chi connectivity index (χ2n) is 5.37. The quantitative estimate of drug-likeness (QED) is 0.809. The van der Waals surface area contributed by atoms with E-state index in [1.165, 1.54) is 0 Å². The lowest BCUT2D eigenvalue weighted by molar-refractivity contribution is 0.392. The molecular weight excluding hydrogens is 252 g/mol. The number of rotatable bonds is 7. The molecule has 0 bridgehead atoms. The first-order chi connectivity index (χ1) is 9.60. The average molecular weight is 276 g/mol. The van der Waals surface area contributed by atoms with Crippen molar-refractivity contribution in [1.29, 1.82) is 0 Å². The largest absolute Gasteiger partial charge is 0.369 e. The van der Waals surface area contributed by atoms with Gasteiger partial charge in [-0.2, -0.15) is 0 Å². The molecule has 2 rings (SSSR count). The minimum Gasteiger partial charge on any atom is -0.369 e. The predicted octanol–water partition coefficient (Wildman–Crippen LogP) is 1.91. The second kappa shape index (κ2) is 6.56. The number of nitrogens with one attached hydrogen (secondary N) is 2. The first-order valence-electron chi connectivity index (χ1n) is 7.09. The van der Waals surface area contributed by atoms with Gasteiger partial charge in [0.15, 0.2) is 11.5 Å². The Morgan fingerprint density at radius 2 is 2.20 bits per heavy atom. The Bertz CT molecular complexity index is 548. The third-order valence-electron chi connectivity index (χ3n) is 2.95. The zero-order valence-corrected chi connectivity index (χ0v) is 12.7. The van der Waals surface area contributed by atoms with Gasteiger partial charge in [0, 0.05) is 31.5 Å². The summed E-state index contributed by atoms with van der Waals surface area (Å²) in [6.45, 7) is 6.15. The van der Waals surface area contributed by atoms with Gasteiger partial charge in [-0.05, 0) is 27.4 Å². The van der Waals surface area contributed by atoms with Crippen LogP contribution in [0, 0.1) is 0 Å². The Hall–Kier alpha value is -1.82. The Morgan fingerprint density at radius 3 is 2.90 bits per heavy atom. The van der Waals surface area contributed by atoms with Gasteiger partial charge in [-0.15, -0.1) is 0 Å². The number of fused-ring (bicyclic) bond motifs is 1. The van der Waals surface area contributed by atoms with E-state index in [0.717, 1.165) is 36.8 Å². The first-order valence-corrected chi connectivity index (χ1v) is 7.09. The molecule has 0 aromatic carbocycles. The number of likely N-dealkylation sites (N-methyl/N-ethyl adjacent to an activating group) is 1. The molecule has 0 amide bonds. The van der Waals surface area contributed by atoms with Crippen LogP contribution in [0.15, 0.2) is 18.6 Å². The van der Waals surface area contributed by atoms with E-state index in [1.807, 2.05) is 16.8 Å². The van der Waals surface area contributed by atoms with Crippen molar-refractivity contribution in [3.05, 3.63) is 18.6 Å². The number of hydrogen-bond donors (Lipinski definition) is 2. The highest BCUT2D eigenvalue weighted by Gasteiger charge is 2.10. The van der Waals surface area contributed by atoms with Crippen LogP contribution >= 0.6 is 0 Å². The minimum atomic E-state index is 0.305. The van der Waals surface area contributed by atoms with Gasteiger partial charge in [-0.25, -0.2) is 9.97 Å². The number of hydrogen-bond acceptors (Lipinski definition) is 5. The number of nitrogens with zero attached hydrogens (tertiary/aromatic N) is 4. The summed E-state index contributed by atoms with van der Waals surface area (Å²) < 4.78 is 2.00. The third-order valence-corrected chi connectivity index (χ3v) is 2.95. The van der Waals surface area contributed by atoms with E-state index in [4.69, 9.17) is 0 Å². The number of aromatic nitrogens is 3. The van der Waals surface area contributed by atoms with E-state index >= 15 is 0 Å². The molecule has 0 spiro atoms. The minimum absolute atomic E-state index is 0.305. The van der Waals surface area contributed by atoms with E-state index in [1.54, 1.807) is 6.20 Å². The smallest absolute Gasteiger partial charge is 0.180 e. The molecule has 0 fully saturated rings. The Labute approximate surface area is 120 Å². The maximum atomic E-state index is 4.63. The summed E-state index contributed by atoms with van der Waals surface area (Å²) in [7, 11) is 4.13. The highest BCUT2D eigenvalue weighted by atomic mass is 15.2. The lowest BCUT2D eigenvalue weighted by Gasteiger charge is -2.19. The fraction of sp³-hybridized carbons (Fsp3) is 0.571. The fourth-order valence-corrected chi connectivity index (χ4v) is 2.19. The van der Waals surface area contributed by atoms with Crippen LogP contribution in [-0.4, -0.2) is 52.5 Å². The Morgan fingerprint density at radius 1 is 1.40 bits per heavy atom. The molecule has 0 aliphatic rings. The van der Waals surface area contributed by atoms with Crippen LogP contribution in [0.25, 0.3) is 5.65 Å². The zero-order chi connectivity index (χ0) is 14.5. The van der Waals surface area contributed by atoms with Gasteiger partial charge in [0.25, 0.3) is 0 Å². The molecule has 6 nitrogen and oxygen atoms in total. The van der Waals surface area contributed by atoms with E-state index in [2.05, 4.69) is 53.4 Å². The molecule has 2 heterocycles. The molecule has 2 N–H and O–H groups in total. The summed E-state index contributed by atoms with van der Waals surface area (Å²) in [5, 5.41) is 6.76. The molecule has 0 radical (unpaired) electrons. The van der Waals surface area contributed by atoms with Gasteiger partial charge >= 0.3 is 0 Å². The average Bonchev–Trinajstić information content (AvgIpc) is 2.83. The van der Waals surface area contributed by atoms with Gasteiger partial charge in [0.2, 0.25) is 0 Å². The van der Waals surface area contributed by atoms with Crippen molar-refractivity contribution in [2.24, 2.45) is 0 Å². The maximum absolute atomic E-state index is 4.63. The van der Waals surface area contributed by atoms with E-state index in [9.17, 15) is 0 Å². The number of anilines is 2. The van der Waals surface area contributed by atoms with Gasteiger partial charge in [-0.3, -0.25) is 0 Å². The molecule has 0 aliphatic heterocycles. The fourth-order valence-electron chi connectivity index (χ4n) is 2.19. The molecule has 2 aromatic rings. The third kappa shape index (κ3) is 3.60. The topological polar surface area (TPSA) is 57.5 Å². The summed E-state index contributed by atoms with van der Waals surface area (Å²) in [5.41, 5.74) is 0.859. The Balaban J connectivity index is 2.22. The summed E-state index contributed by atoms with van der Waals surface area (Å²) >= 11 is 0. The molecule has 6 heteroatoms. The summed E-state index contributed by atoms with van der Waals surface area (Å²) in [5.74, 6) is 1.70. The standard InChI is InChI=1S/C14H24N6/c1-5-6-15-12-10-20-8-7-16-14(20)13(18-12)17-11(2)9-19(3)4/h7-8,10-11,15H,5-6,9H2,1-4H3,(H,17,18). The Kier molecular flexibility index (Phi) is 4.79. The molecule has 0 saturated heterocycles. The SMILES string of the molecule is CCCNc1cn2ccnc2c(NC(C)CN(C)C)n1. The molecule has 1 unspecified atom stereocenters. The van der Waals surface area contributed by atoms with Crippen molar-refractivity contribution in [2.45, 2.75) is 26.3 Å². The maximum Gasteiger partial charge on any atom is 0.180 e.